The third-order valence-corrected chi connectivity index (χ3v) is 5.99. The Morgan fingerprint density at radius 2 is 1.92 bits per heavy atom. The summed E-state index contributed by atoms with van der Waals surface area (Å²) >= 11 is 0. The first-order chi connectivity index (χ1) is 12.4. The van der Waals surface area contributed by atoms with E-state index >= 15 is 0 Å². The maximum Gasteiger partial charge on any atom is 0.256 e. The number of anilines is 1. The highest BCUT2D eigenvalue weighted by molar-refractivity contribution is 7.89. The van der Waals surface area contributed by atoms with Crippen LogP contribution in [-0.2, 0) is 21.9 Å². The lowest BCUT2D eigenvalue weighted by Crippen LogP contribution is -2.18. The Morgan fingerprint density at radius 3 is 2.69 bits per heavy atom. The molecule has 132 valence electrons. The quantitative estimate of drug-likeness (QED) is 0.698. The summed E-state index contributed by atoms with van der Waals surface area (Å²) < 4.78 is 28.5. The second kappa shape index (κ2) is 5.82. The third-order valence-electron chi connectivity index (χ3n) is 4.58. The Balaban J connectivity index is 1.90. The second-order valence-electron chi connectivity index (χ2n) is 6.14. The van der Waals surface area contributed by atoms with Crippen LogP contribution < -0.4 is 10.0 Å². The van der Waals surface area contributed by atoms with Gasteiger partial charge in [0.2, 0.25) is 10.0 Å². The van der Waals surface area contributed by atoms with Crippen molar-refractivity contribution in [1.29, 1.82) is 0 Å². The molecular weight excluding hydrogens is 350 g/mol. The number of carbonyl (C=O) groups is 1. The third kappa shape index (κ3) is 2.53. The van der Waals surface area contributed by atoms with Crippen LogP contribution in [0.2, 0.25) is 0 Å². The number of sulfonamides is 1. The Bertz CT molecular complexity index is 1190. The first-order valence-electron chi connectivity index (χ1n) is 8.06. The molecule has 2 N–H and O–H groups in total. The maximum atomic E-state index is 12.5. The highest BCUT2D eigenvalue weighted by atomic mass is 32.2. The summed E-state index contributed by atoms with van der Waals surface area (Å²) in [4.78, 5) is 12.6. The molecule has 0 spiro atoms. The molecule has 1 aromatic heterocycles. The summed E-state index contributed by atoms with van der Waals surface area (Å²) in [6.45, 7) is 0. The lowest BCUT2D eigenvalue weighted by Gasteiger charge is -2.05. The molecular formula is C19H17N3O3S. The van der Waals surface area contributed by atoms with Crippen molar-refractivity contribution in [1.82, 2.24) is 9.29 Å². The zero-order valence-corrected chi connectivity index (χ0v) is 15.1. The van der Waals surface area contributed by atoms with E-state index in [0.29, 0.717) is 16.8 Å². The molecule has 4 rings (SSSR count). The number of hydrogen-bond acceptors (Lipinski definition) is 3. The van der Waals surface area contributed by atoms with Crippen LogP contribution >= 0.6 is 0 Å². The SMILES string of the molecule is CNS(=O)(=O)c1ccc2c(c1)C(=Cc1cn(C)c3ccccc13)C(=O)N2. The Labute approximate surface area is 151 Å². The molecule has 2 heterocycles. The van der Waals surface area contributed by atoms with E-state index in [1.54, 1.807) is 12.1 Å². The van der Waals surface area contributed by atoms with Crippen molar-refractivity contribution < 1.29 is 13.2 Å². The van der Waals surface area contributed by atoms with Gasteiger partial charge in [-0.05, 0) is 37.4 Å². The Morgan fingerprint density at radius 1 is 1.15 bits per heavy atom. The van der Waals surface area contributed by atoms with Crippen LogP contribution in [0.5, 0.6) is 0 Å². The summed E-state index contributed by atoms with van der Waals surface area (Å²) in [6.07, 6.45) is 3.76. The summed E-state index contributed by atoms with van der Waals surface area (Å²) in [5.74, 6) is -0.244. The van der Waals surface area contributed by atoms with Gasteiger partial charge in [-0.25, -0.2) is 13.1 Å². The van der Waals surface area contributed by atoms with E-state index < -0.39 is 10.0 Å². The van der Waals surface area contributed by atoms with Crippen molar-refractivity contribution in [2.45, 2.75) is 4.90 Å². The van der Waals surface area contributed by atoms with Gasteiger partial charge >= 0.3 is 0 Å². The van der Waals surface area contributed by atoms with Crippen LogP contribution in [0.4, 0.5) is 5.69 Å². The molecule has 26 heavy (non-hydrogen) atoms. The zero-order valence-electron chi connectivity index (χ0n) is 14.3. The smallest absolute Gasteiger partial charge is 0.256 e. The van der Waals surface area contributed by atoms with Crippen LogP contribution in [0, 0.1) is 0 Å². The number of nitrogens with zero attached hydrogens (tertiary/aromatic N) is 1. The fourth-order valence-corrected chi connectivity index (χ4v) is 3.99. The molecule has 1 aliphatic heterocycles. The monoisotopic (exact) mass is 367 g/mol. The standard InChI is InChI=1S/C19H17N3O3S/c1-20-26(24,25)13-7-8-17-15(10-13)16(19(23)21-17)9-12-11-22(2)18-6-4-3-5-14(12)18/h3-11,20H,1-2H3,(H,21,23). The highest BCUT2D eigenvalue weighted by Crippen LogP contribution is 2.36. The average molecular weight is 367 g/mol. The number of hydrogen-bond donors (Lipinski definition) is 2. The topological polar surface area (TPSA) is 80.2 Å². The highest BCUT2D eigenvalue weighted by Gasteiger charge is 2.26. The molecule has 3 aromatic rings. The molecule has 0 atom stereocenters. The molecule has 1 aliphatic rings. The summed E-state index contributed by atoms with van der Waals surface area (Å²) in [7, 11) is -0.276. The summed E-state index contributed by atoms with van der Waals surface area (Å²) in [5, 5.41) is 3.82. The van der Waals surface area contributed by atoms with Gasteiger partial charge in [0.15, 0.2) is 0 Å². The van der Waals surface area contributed by atoms with Gasteiger partial charge in [-0.3, -0.25) is 4.79 Å². The van der Waals surface area contributed by atoms with Gasteiger partial charge in [-0.15, -0.1) is 0 Å². The van der Waals surface area contributed by atoms with Crippen molar-refractivity contribution in [3.05, 3.63) is 59.8 Å². The fraction of sp³-hybridized carbons (Fsp3) is 0.105. The minimum Gasteiger partial charge on any atom is -0.350 e. The van der Waals surface area contributed by atoms with Crippen molar-refractivity contribution in [2.75, 3.05) is 12.4 Å². The van der Waals surface area contributed by atoms with Crippen molar-refractivity contribution in [2.24, 2.45) is 7.05 Å². The second-order valence-corrected chi connectivity index (χ2v) is 8.03. The van der Waals surface area contributed by atoms with E-state index in [2.05, 4.69) is 10.0 Å². The Hall–Kier alpha value is -2.90. The molecule has 0 saturated carbocycles. The zero-order chi connectivity index (χ0) is 18.5. The molecule has 0 radical (unpaired) electrons. The molecule has 0 bridgehead atoms. The molecule has 2 aromatic carbocycles. The predicted octanol–water partition coefficient (Wildman–Crippen LogP) is 2.58. The number of aryl methyl sites for hydroxylation is 1. The van der Waals surface area contributed by atoms with Gasteiger partial charge in [-0.1, -0.05) is 18.2 Å². The first kappa shape index (κ1) is 16.6. The van der Waals surface area contributed by atoms with E-state index in [1.165, 1.54) is 19.2 Å². The maximum absolute atomic E-state index is 12.5. The van der Waals surface area contributed by atoms with Crippen LogP contribution in [0.15, 0.2) is 53.6 Å². The van der Waals surface area contributed by atoms with Crippen LogP contribution in [0.3, 0.4) is 0 Å². The first-order valence-corrected chi connectivity index (χ1v) is 9.54. The lowest BCUT2D eigenvalue weighted by atomic mass is 10.0. The van der Waals surface area contributed by atoms with Gasteiger partial charge < -0.3 is 9.88 Å². The number of carbonyl (C=O) groups excluding carboxylic acids is 1. The van der Waals surface area contributed by atoms with Gasteiger partial charge in [0.25, 0.3) is 5.91 Å². The number of rotatable bonds is 3. The Kier molecular flexibility index (Phi) is 3.71. The van der Waals surface area contributed by atoms with Crippen LogP contribution in [0.25, 0.3) is 22.6 Å². The number of benzene rings is 2. The molecule has 6 nitrogen and oxygen atoms in total. The summed E-state index contributed by atoms with van der Waals surface area (Å²) in [6, 6.07) is 12.5. The van der Waals surface area contributed by atoms with Crippen molar-refractivity contribution in [3.63, 3.8) is 0 Å². The van der Waals surface area contributed by atoms with Crippen LogP contribution in [-0.4, -0.2) is 25.9 Å². The van der Waals surface area contributed by atoms with E-state index in [-0.39, 0.29) is 10.8 Å². The number of aromatic nitrogens is 1. The number of nitrogens with one attached hydrogen (secondary N) is 2. The van der Waals surface area contributed by atoms with Gasteiger partial charge in [0.05, 0.1) is 4.90 Å². The fourth-order valence-electron chi connectivity index (χ4n) is 3.24. The van der Waals surface area contributed by atoms with E-state index in [0.717, 1.165) is 16.5 Å². The summed E-state index contributed by atoms with van der Waals surface area (Å²) in [5.41, 5.74) is 3.60. The van der Waals surface area contributed by atoms with Crippen molar-refractivity contribution >= 4 is 44.2 Å². The van der Waals surface area contributed by atoms with E-state index in [4.69, 9.17) is 0 Å². The minimum absolute atomic E-state index is 0.124. The van der Waals surface area contributed by atoms with E-state index in [9.17, 15) is 13.2 Å². The normalized spacial score (nSPS) is 15.5. The molecule has 0 fully saturated rings. The van der Waals surface area contributed by atoms with Crippen LogP contribution in [0.1, 0.15) is 11.1 Å². The van der Waals surface area contributed by atoms with Gasteiger partial charge in [0, 0.05) is 46.5 Å². The minimum atomic E-state index is -3.58. The van der Waals surface area contributed by atoms with E-state index in [1.807, 2.05) is 42.1 Å². The average Bonchev–Trinajstić information content (AvgIpc) is 3.12. The van der Waals surface area contributed by atoms with Crippen molar-refractivity contribution in [3.8, 4) is 0 Å². The van der Waals surface area contributed by atoms with Gasteiger partial charge in [0.1, 0.15) is 0 Å². The number of para-hydroxylation sites is 1. The lowest BCUT2D eigenvalue weighted by molar-refractivity contribution is -0.110. The van der Waals surface area contributed by atoms with Gasteiger partial charge in [-0.2, -0.15) is 0 Å². The molecule has 0 aliphatic carbocycles. The largest absolute Gasteiger partial charge is 0.350 e. The predicted molar refractivity (Wildman–Crippen MR) is 102 cm³/mol. The molecule has 1 amide bonds. The number of amides is 1. The number of fused-ring (bicyclic) bond motifs is 2. The molecule has 0 unspecified atom stereocenters. The molecule has 0 saturated heterocycles. The molecule has 7 heteroatoms.